The number of methoxy groups -OCH3 is 1. The lowest BCUT2D eigenvalue weighted by Crippen LogP contribution is -2.35. The van der Waals surface area contributed by atoms with Gasteiger partial charge in [-0.3, -0.25) is 4.79 Å². The number of piperidine rings is 1. The lowest BCUT2D eigenvalue weighted by atomic mass is 10.2. The maximum atomic E-state index is 12.7. The molecule has 0 aliphatic carbocycles. The fourth-order valence-electron chi connectivity index (χ4n) is 3.20. The SMILES string of the molecule is COc1ccc(Cl)cc1NC(=O)COC(=O)c1ccc(S(=O)(=O)N2CCCCC2)cc1. The number of benzene rings is 2. The predicted octanol–water partition coefficient (Wildman–Crippen LogP) is 3.32. The maximum Gasteiger partial charge on any atom is 0.338 e. The number of halogens is 1. The van der Waals surface area contributed by atoms with Crippen LogP contribution in [0.5, 0.6) is 5.75 Å². The summed E-state index contributed by atoms with van der Waals surface area (Å²) in [7, 11) is -2.13. The van der Waals surface area contributed by atoms with Gasteiger partial charge in [0.15, 0.2) is 6.61 Å². The number of esters is 1. The van der Waals surface area contributed by atoms with Gasteiger partial charge in [-0.05, 0) is 55.3 Å². The second-order valence-electron chi connectivity index (χ2n) is 6.96. The third-order valence-corrected chi connectivity index (χ3v) is 6.96. The maximum absolute atomic E-state index is 12.7. The first-order valence-electron chi connectivity index (χ1n) is 9.72. The topological polar surface area (TPSA) is 102 Å². The van der Waals surface area contributed by atoms with Gasteiger partial charge in [0, 0.05) is 18.1 Å². The minimum absolute atomic E-state index is 0.122. The first-order valence-corrected chi connectivity index (χ1v) is 11.5. The van der Waals surface area contributed by atoms with Crippen LogP contribution in [0.3, 0.4) is 0 Å². The van der Waals surface area contributed by atoms with E-state index in [1.54, 1.807) is 12.1 Å². The molecule has 1 N–H and O–H groups in total. The van der Waals surface area contributed by atoms with Crippen molar-refractivity contribution in [1.29, 1.82) is 0 Å². The zero-order valence-electron chi connectivity index (χ0n) is 17.0. The van der Waals surface area contributed by atoms with Crippen LogP contribution in [0.1, 0.15) is 29.6 Å². The smallest absolute Gasteiger partial charge is 0.338 e. The average Bonchev–Trinajstić information content (AvgIpc) is 2.78. The Bertz CT molecular complexity index is 1050. The minimum Gasteiger partial charge on any atom is -0.495 e. The van der Waals surface area contributed by atoms with Gasteiger partial charge in [0.05, 0.1) is 23.3 Å². The summed E-state index contributed by atoms with van der Waals surface area (Å²) in [6, 6.07) is 10.2. The van der Waals surface area contributed by atoms with E-state index in [4.69, 9.17) is 21.1 Å². The number of sulfonamides is 1. The van der Waals surface area contributed by atoms with Crippen molar-refractivity contribution in [1.82, 2.24) is 4.31 Å². The van der Waals surface area contributed by atoms with Gasteiger partial charge in [0.1, 0.15) is 5.75 Å². The van der Waals surface area contributed by atoms with E-state index >= 15 is 0 Å². The molecule has 166 valence electrons. The molecule has 2 aromatic carbocycles. The van der Waals surface area contributed by atoms with E-state index in [2.05, 4.69) is 5.32 Å². The highest BCUT2D eigenvalue weighted by Gasteiger charge is 2.26. The molecule has 10 heteroatoms. The Balaban J connectivity index is 1.58. The quantitative estimate of drug-likeness (QED) is 0.628. The van der Waals surface area contributed by atoms with Crippen molar-refractivity contribution in [3.05, 3.63) is 53.1 Å². The molecule has 0 atom stereocenters. The van der Waals surface area contributed by atoms with Gasteiger partial charge >= 0.3 is 5.97 Å². The predicted molar refractivity (Wildman–Crippen MR) is 116 cm³/mol. The monoisotopic (exact) mass is 466 g/mol. The molecule has 2 aromatic rings. The molecular weight excluding hydrogens is 444 g/mol. The number of hydrogen-bond acceptors (Lipinski definition) is 6. The number of amides is 1. The molecule has 0 bridgehead atoms. The molecular formula is C21H23ClN2O6S. The standard InChI is InChI=1S/C21H23ClN2O6S/c1-29-19-10-7-16(22)13-18(19)23-20(25)14-30-21(26)15-5-8-17(9-6-15)31(27,28)24-11-3-2-4-12-24/h5-10,13H,2-4,11-12,14H2,1H3,(H,23,25). The number of carbonyl (C=O) groups excluding carboxylic acids is 2. The van der Waals surface area contributed by atoms with E-state index in [1.807, 2.05) is 0 Å². The summed E-state index contributed by atoms with van der Waals surface area (Å²) in [5, 5.41) is 2.97. The molecule has 0 spiro atoms. The van der Waals surface area contributed by atoms with Crippen molar-refractivity contribution in [2.24, 2.45) is 0 Å². The van der Waals surface area contributed by atoms with Gasteiger partial charge in [-0.25, -0.2) is 13.2 Å². The Kier molecular flexibility index (Phi) is 7.53. The molecule has 1 heterocycles. The Morgan fingerprint density at radius 2 is 1.74 bits per heavy atom. The molecule has 0 saturated carbocycles. The van der Waals surface area contributed by atoms with Crippen molar-refractivity contribution in [3.63, 3.8) is 0 Å². The van der Waals surface area contributed by atoms with Gasteiger partial charge in [-0.1, -0.05) is 18.0 Å². The molecule has 1 saturated heterocycles. The van der Waals surface area contributed by atoms with Crippen molar-refractivity contribution < 1.29 is 27.5 Å². The molecule has 3 rings (SSSR count). The summed E-state index contributed by atoms with van der Waals surface area (Å²) in [4.78, 5) is 24.5. The third-order valence-electron chi connectivity index (χ3n) is 4.81. The fraction of sp³-hybridized carbons (Fsp3) is 0.333. The van der Waals surface area contributed by atoms with Crippen molar-refractivity contribution in [3.8, 4) is 5.75 Å². The molecule has 8 nitrogen and oxygen atoms in total. The van der Waals surface area contributed by atoms with Crippen LogP contribution in [-0.4, -0.2) is 51.4 Å². The number of nitrogens with one attached hydrogen (secondary N) is 1. The number of ether oxygens (including phenoxy) is 2. The van der Waals surface area contributed by atoms with Gasteiger partial charge in [0.2, 0.25) is 10.0 Å². The lowest BCUT2D eigenvalue weighted by Gasteiger charge is -2.25. The van der Waals surface area contributed by atoms with Gasteiger partial charge in [-0.2, -0.15) is 4.31 Å². The van der Waals surface area contributed by atoms with E-state index < -0.39 is 28.5 Å². The normalized spacial score (nSPS) is 14.6. The highest BCUT2D eigenvalue weighted by Crippen LogP contribution is 2.27. The van der Waals surface area contributed by atoms with Crippen molar-refractivity contribution in [2.75, 3.05) is 32.1 Å². The number of carbonyl (C=O) groups is 2. The third kappa shape index (κ3) is 5.75. The molecule has 0 aromatic heterocycles. The van der Waals surface area contributed by atoms with Crippen LogP contribution >= 0.6 is 11.6 Å². The summed E-state index contributed by atoms with van der Waals surface area (Å²) < 4.78 is 37.0. The Morgan fingerprint density at radius 3 is 2.39 bits per heavy atom. The molecule has 1 aliphatic rings. The second-order valence-corrected chi connectivity index (χ2v) is 9.33. The first kappa shape index (κ1) is 23.1. The highest BCUT2D eigenvalue weighted by atomic mass is 35.5. The molecule has 0 unspecified atom stereocenters. The van der Waals surface area contributed by atoms with Crippen molar-refractivity contribution in [2.45, 2.75) is 24.2 Å². The summed E-state index contributed by atoms with van der Waals surface area (Å²) >= 11 is 5.92. The Labute approximate surface area is 186 Å². The Morgan fingerprint density at radius 1 is 1.06 bits per heavy atom. The summed E-state index contributed by atoms with van der Waals surface area (Å²) in [6.07, 6.45) is 2.70. The molecule has 1 amide bonds. The van der Waals surface area contributed by atoms with E-state index in [0.29, 0.717) is 29.5 Å². The van der Waals surface area contributed by atoms with Crippen LogP contribution < -0.4 is 10.1 Å². The van der Waals surface area contributed by atoms with Crippen LogP contribution in [0, 0.1) is 0 Å². The molecule has 1 aliphatic heterocycles. The fourth-order valence-corrected chi connectivity index (χ4v) is 4.89. The number of hydrogen-bond donors (Lipinski definition) is 1. The Hall–Kier alpha value is -2.62. The first-order chi connectivity index (χ1) is 14.8. The van der Waals surface area contributed by atoms with Gasteiger partial charge in [-0.15, -0.1) is 0 Å². The van der Waals surface area contributed by atoms with Crippen molar-refractivity contribution >= 4 is 39.2 Å². The molecule has 31 heavy (non-hydrogen) atoms. The number of rotatable bonds is 7. The summed E-state index contributed by atoms with van der Waals surface area (Å²) in [6.45, 7) is 0.472. The van der Waals surface area contributed by atoms with Crippen LogP contribution in [0.4, 0.5) is 5.69 Å². The average molecular weight is 467 g/mol. The summed E-state index contributed by atoms with van der Waals surface area (Å²) in [5.41, 5.74) is 0.494. The minimum atomic E-state index is -3.58. The lowest BCUT2D eigenvalue weighted by molar-refractivity contribution is -0.119. The van der Waals surface area contributed by atoms with Crippen LogP contribution in [0.2, 0.25) is 5.02 Å². The van der Waals surface area contributed by atoms with E-state index in [1.165, 1.54) is 41.7 Å². The zero-order valence-corrected chi connectivity index (χ0v) is 18.5. The zero-order chi connectivity index (χ0) is 22.4. The van der Waals surface area contributed by atoms with Crippen LogP contribution in [-0.2, 0) is 19.6 Å². The number of anilines is 1. The van der Waals surface area contributed by atoms with E-state index in [0.717, 1.165) is 19.3 Å². The van der Waals surface area contributed by atoms with E-state index in [9.17, 15) is 18.0 Å². The van der Waals surface area contributed by atoms with Gasteiger partial charge < -0.3 is 14.8 Å². The highest BCUT2D eigenvalue weighted by molar-refractivity contribution is 7.89. The molecule has 1 fully saturated rings. The van der Waals surface area contributed by atoms with Crippen LogP contribution in [0.25, 0.3) is 0 Å². The van der Waals surface area contributed by atoms with E-state index in [-0.39, 0.29) is 10.5 Å². The second kappa shape index (κ2) is 10.1. The van der Waals surface area contributed by atoms with Crippen LogP contribution in [0.15, 0.2) is 47.4 Å². The summed E-state index contributed by atoms with van der Waals surface area (Å²) in [5.74, 6) is -0.900. The number of nitrogens with zero attached hydrogens (tertiary/aromatic N) is 1. The van der Waals surface area contributed by atoms with Gasteiger partial charge in [0.25, 0.3) is 5.91 Å². The molecule has 0 radical (unpaired) electrons. The largest absolute Gasteiger partial charge is 0.495 e.